The van der Waals surface area contributed by atoms with Crippen molar-refractivity contribution in [3.63, 3.8) is 0 Å². The summed E-state index contributed by atoms with van der Waals surface area (Å²) in [4.78, 5) is 36.1. The lowest BCUT2D eigenvalue weighted by Gasteiger charge is -2.06. The Morgan fingerprint density at radius 2 is 1.52 bits per heavy atom. The molecule has 2 N–H and O–H groups in total. The van der Waals surface area contributed by atoms with Crippen LogP contribution < -0.4 is 20.2 Å². The lowest BCUT2D eigenvalue weighted by molar-refractivity contribution is -0.120. The second-order valence-corrected chi connectivity index (χ2v) is 6.76. The molecule has 0 aromatic heterocycles. The number of amides is 2. The zero-order chi connectivity index (χ0) is 23.5. The first-order valence-electron chi connectivity index (χ1n) is 10.3. The van der Waals surface area contributed by atoms with Gasteiger partial charge in [-0.1, -0.05) is 18.2 Å². The number of hydrogen-bond acceptors (Lipinski definition) is 6. The topological polar surface area (TPSA) is 106 Å². The second kappa shape index (κ2) is 11.8. The summed E-state index contributed by atoms with van der Waals surface area (Å²) >= 11 is 0. The number of benzene rings is 3. The number of carbonyl (C=O) groups excluding carboxylic acids is 3. The monoisotopic (exact) mass is 445 g/mol. The van der Waals surface area contributed by atoms with Gasteiger partial charge in [0.25, 0.3) is 11.8 Å². The number of hydrogen-bond donors (Lipinski definition) is 2. The summed E-state index contributed by atoms with van der Waals surface area (Å²) < 4.78 is 10.6. The highest BCUT2D eigenvalue weighted by Crippen LogP contribution is 2.14. The molecule has 0 radical (unpaired) electrons. The van der Waals surface area contributed by atoms with E-state index in [2.05, 4.69) is 15.8 Å². The summed E-state index contributed by atoms with van der Waals surface area (Å²) in [5, 5.41) is 6.39. The molecule has 3 rings (SSSR count). The molecule has 0 saturated carbocycles. The van der Waals surface area contributed by atoms with Crippen LogP contribution in [0.1, 0.15) is 33.2 Å². The van der Waals surface area contributed by atoms with Gasteiger partial charge < -0.3 is 14.8 Å². The Kier molecular flexibility index (Phi) is 8.30. The largest absolute Gasteiger partial charge is 0.494 e. The van der Waals surface area contributed by atoms with Crippen LogP contribution in [0.4, 0.5) is 0 Å². The van der Waals surface area contributed by atoms with Crippen molar-refractivity contribution in [2.45, 2.75) is 6.92 Å². The van der Waals surface area contributed by atoms with Crippen LogP contribution >= 0.6 is 0 Å². The maximum atomic E-state index is 12.1. The van der Waals surface area contributed by atoms with Crippen molar-refractivity contribution in [2.24, 2.45) is 5.10 Å². The van der Waals surface area contributed by atoms with Crippen molar-refractivity contribution in [3.8, 4) is 11.5 Å². The lowest BCUT2D eigenvalue weighted by atomic mass is 10.2. The first kappa shape index (κ1) is 23.2. The standard InChI is InChI=1S/C25H23N3O5/c1-2-32-21-14-10-19(11-15-21)24(30)26-17-23(29)28-27-16-18-8-12-22(13-9-18)33-25(31)20-6-4-3-5-7-20/h3-16H,2,17H2,1H3,(H,26,30)(H,28,29)/b27-16-. The third-order valence-electron chi connectivity index (χ3n) is 4.34. The van der Waals surface area contributed by atoms with Crippen LogP contribution in [0.5, 0.6) is 11.5 Å². The average Bonchev–Trinajstić information content (AvgIpc) is 2.85. The minimum atomic E-state index is -0.473. The molecule has 2 amide bonds. The van der Waals surface area contributed by atoms with Gasteiger partial charge in [-0.2, -0.15) is 5.10 Å². The van der Waals surface area contributed by atoms with Gasteiger partial charge in [0.05, 0.1) is 24.9 Å². The summed E-state index contributed by atoms with van der Waals surface area (Å²) in [6.45, 7) is 2.19. The Morgan fingerprint density at radius 1 is 0.848 bits per heavy atom. The highest BCUT2D eigenvalue weighted by atomic mass is 16.5. The Labute approximate surface area is 191 Å². The summed E-state index contributed by atoms with van der Waals surface area (Å²) in [7, 11) is 0. The molecular formula is C25H23N3O5. The van der Waals surface area contributed by atoms with E-state index >= 15 is 0 Å². The second-order valence-electron chi connectivity index (χ2n) is 6.76. The van der Waals surface area contributed by atoms with Crippen molar-refractivity contribution < 1.29 is 23.9 Å². The lowest BCUT2D eigenvalue weighted by Crippen LogP contribution is -2.34. The van der Waals surface area contributed by atoms with Gasteiger partial charge >= 0.3 is 5.97 Å². The van der Waals surface area contributed by atoms with E-state index in [0.717, 1.165) is 0 Å². The molecule has 0 unspecified atom stereocenters. The Hall–Kier alpha value is -4.46. The minimum absolute atomic E-state index is 0.224. The number of hydrazone groups is 1. The molecule has 3 aromatic carbocycles. The van der Waals surface area contributed by atoms with E-state index in [9.17, 15) is 14.4 Å². The summed E-state index contributed by atoms with van der Waals surface area (Å²) in [6, 6.07) is 21.9. The van der Waals surface area contributed by atoms with Gasteiger partial charge in [-0.05, 0) is 73.2 Å². The Balaban J connectivity index is 1.42. The highest BCUT2D eigenvalue weighted by Gasteiger charge is 2.09. The molecule has 8 heteroatoms. The van der Waals surface area contributed by atoms with E-state index < -0.39 is 11.9 Å². The van der Waals surface area contributed by atoms with Gasteiger partial charge in [-0.25, -0.2) is 10.2 Å². The number of nitrogens with one attached hydrogen (secondary N) is 2. The smallest absolute Gasteiger partial charge is 0.343 e. The van der Waals surface area contributed by atoms with E-state index in [-0.39, 0.29) is 12.5 Å². The number of esters is 1. The van der Waals surface area contributed by atoms with E-state index in [1.54, 1.807) is 72.8 Å². The summed E-state index contributed by atoms with van der Waals surface area (Å²) in [5.74, 6) is -0.237. The first-order valence-corrected chi connectivity index (χ1v) is 10.3. The molecule has 3 aromatic rings. The van der Waals surface area contributed by atoms with E-state index in [0.29, 0.717) is 34.8 Å². The number of ether oxygens (including phenoxy) is 2. The van der Waals surface area contributed by atoms with Crippen LogP contribution in [0, 0.1) is 0 Å². The number of nitrogens with zero attached hydrogens (tertiary/aromatic N) is 1. The molecule has 33 heavy (non-hydrogen) atoms. The molecule has 0 heterocycles. The molecule has 0 bridgehead atoms. The summed E-state index contributed by atoms with van der Waals surface area (Å²) in [6.07, 6.45) is 1.44. The minimum Gasteiger partial charge on any atom is -0.494 e. The van der Waals surface area contributed by atoms with Crippen LogP contribution in [0.15, 0.2) is 84.0 Å². The molecule has 0 atom stereocenters. The molecular weight excluding hydrogens is 422 g/mol. The molecule has 8 nitrogen and oxygen atoms in total. The maximum absolute atomic E-state index is 12.1. The number of rotatable bonds is 9. The van der Waals surface area contributed by atoms with Crippen LogP contribution in [-0.4, -0.2) is 37.1 Å². The zero-order valence-electron chi connectivity index (χ0n) is 18.0. The summed E-state index contributed by atoms with van der Waals surface area (Å²) in [5.41, 5.74) is 3.91. The van der Waals surface area contributed by atoms with E-state index in [1.165, 1.54) is 6.21 Å². The predicted octanol–water partition coefficient (Wildman–Crippen LogP) is 3.18. The molecule has 0 fully saturated rings. The SMILES string of the molecule is CCOc1ccc(C(=O)NCC(=O)N/N=C\c2ccc(OC(=O)c3ccccc3)cc2)cc1. The van der Waals surface area contributed by atoms with Gasteiger partial charge in [0.1, 0.15) is 11.5 Å². The third-order valence-corrected chi connectivity index (χ3v) is 4.34. The fourth-order valence-corrected chi connectivity index (χ4v) is 2.71. The van der Waals surface area contributed by atoms with Crippen LogP contribution in [-0.2, 0) is 4.79 Å². The molecule has 168 valence electrons. The maximum Gasteiger partial charge on any atom is 0.343 e. The average molecular weight is 445 g/mol. The highest BCUT2D eigenvalue weighted by molar-refractivity contribution is 5.96. The van der Waals surface area contributed by atoms with Gasteiger partial charge in [0.2, 0.25) is 0 Å². The fraction of sp³-hybridized carbons (Fsp3) is 0.120. The van der Waals surface area contributed by atoms with Crippen molar-refractivity contribution in [1.29, 1.82) is 0 Å². The predicted molar refractivity (Wildman–Crippen MR) is 124 cm³/mol. The van der Waals surface area contributed by atoms with Gasteiger partial charge in [-0.15, -0.1) is 0 Å². The Morgan fingerprint density at radius 3 is 2.18 bits per heavy atom. The van der Waals surface area contributed by atoms with Gasteiger partial charge in [0.15, 0.2) is 0 Å². The van der Waals surface area contributed by atoms with Crippen molar-refractivity contribution in [3.05, 3.63) is 95.6 Å². The molecule has 0 saturated heterocycles. The number of carbonyl (C=O) groups is 3. The van der Waals surface area contributed by atoms with E-state index in [1.807, 2.05) is 13.0 Å². The van der Waals surface area contributed by atoms with Crippen LogP contribution in [0.3, 0.4) is 0 Å². The molecule has 0 aliphatic rings. The molecule has 0 aliphatic heterocycles. The van der Waals surface area contributed by atoms with E-state index in [4.69, 9.17) is 9.47 Å². The Bertz CT molecular complexity index is 1110. The third kappa shape index (κ3) is 7.32. The zero-order valence-corrected chi connectivity index (χ0v) is 18.0. The normalized spacial score (nSPS) is 10.5. The van der Waals surface area contributed by atoms with Crippen molar-refractivity contribution in [1.82, 2.24) is 10.7 Å². The van der Waals surface area contributed by atoms with Crippen LogP contribution in [0.25, 0.3) is 0 Å². The van der Waals surface area contributed by atoms with Crippen molar-refractivity contribution >= 4 is 24.0 Å². The first-order chi connectivity index (χ1) is 16.0. The molecule has 0 aliphatic carbocycles. The van der Waals surface area contributed by atoms with Crippen molar-refractivity contribution in [2.75, 3.05) is 13.2 Å². The van der Waals surface area contributed by atoms with Crippen LogP contribution in [0.2, 0.25) is 0 Å². The van der Waals surface area contributed by atoms with Gasteiger partial charge in [0, 0.05) is 5.56 Å². The quantitative estimate of drug-likeness (QED) is 0.228. The fourth-order valence-electron chi connectivity index (χ4n) is 2.71. The molecule has 0 spiro atoms. The van der Waals surface area contributed by atoms with Gasteiger partial charge in [-0.3, -0.25) is 9.59 Å².